The maximum atomic E-state index is 11.7. The van der Waals surface area contributed by atoms with Crippen molar-refractivity contribution in [3.8, 4) is 0 Å². The van der Waals surface area contributed by atoms with Crippen molar-refractivity contribution in [3.05, 3.63) is 22.7 Å². The quantitative estimate of drug-likeness (QED) is 0.482. The maximum Gasteiger partial charge on any atom is 0.348 e. The predicted molar refractivity (Wildman–Crippen MR) is 71.9 cm³/mol. The fraction of sp³-hybridized carbons (Fsp3) is 0.667. The molecule has 1 aromatic rings. The minimum atomic E-state index is -0.134. The largest absolute Gasteiger partial charge is 0.348 e. The summed E-state index contributed by atoms with van der Waals surface area (Å²) in [7, 11) is 0. The molecule has 1 heterocycles. The summed E-state index contributed by atoms with van der Waals surface area (Å²) in [5.74, 6) is 0.574. The van der Waals surface area contributed by atoms with Crippen LogP contribution in [0, 0.1) is 5.92 Å². The number of hydrogen-bond acceptors (Lipinski definition) is 3. The lowest BCUT2D eigenvalue weighted by Gasteiger charge is -2.25. The molecule has 1 aliphatic rings. The minimum Gasteiger partial charge on any atom is -0.299 e. The molecule has 5 heteroatoms. The maximum absolute atomic E-state index is 11.7. The van der Waals surface area contributed by atoms with E-state index in [1.54, 1.807) is 4.57 Å². The van der Waals surface area contributed by atoms with Gasteiger partial charge in [-0.2, -0.15) is 4.98 Å². The van der Waals surface area contributed by atoms with Crippen LogP contribution in [0.4, 0.5) is 0 Å². The number of thioether (sulfide) groups is 1. The van der Waals surface area contributed by atoms with Crippen molar-refractivity contribution < 1.29 is 0 Å². The van der Waals surface area contributed by atoms with Crippen molar-refractivity contribution in [3.63, 3.8) is 0 Å². The molecule has 1 aliphatic carbocycles. The second-order valence-corrected chi connectivity index (χ2v) is 5.97. The Bertz CT molecular complexity index is 427. The molecular weight excluding hydrogens is 256 g/mol. The van der Waals surface area contributed by atoms with Gasteiger partial charge in [-0.05, 0) is 43.9 Å². The summed E-state index contributed by atoms with van der Waals surface area (Å²) < 4.78 is 1.72. The normalized spacial score (nSPS) is 24.8. The van der Waals surface area contributed by atoms with Gasteiger partial charge in [-0.1, -0.05) is 0 Å². The molecule has 1 fully saturated rings. The fourth-order valence-electron chi connectivity index (χ4n) is 2.25. The van der Waals surface area contributed by atoms with Crippen LogP contribution in [0.5, 0.6) is 0 Å². The van der Waals surface area contributed by atoms with Gasteiger partial charge >= 0.3 is 5.69 Å². The number of rotatable bonds is 3. The van der Waals surface area contributed by atoms with E-state index in [0.717, 1.165) is 37.3 Å². The van der Waals surface area contributed by atoms with Crippen LogP contribution in [-0.4, -0.2) is 21.2 Å². The number of halogens is 1. The SMILES string of the molecule is CSc1ccn(CC2CCC(Cl)CC2)c(=O)n1. The molecule has 0 atom stereocenters. The monoisotopic (exact) mass is 272 g/mol. The van der Waals surface area contributed by atoms with Crippen molar-refractivity contribution in [2.45, 2.75) is 42.6 Å². The van der Waals surface area contributed by atoms with Crippen LogP contribution in [0.25, 0.3) is 0 Å². The van der Waals surface area contributed by atoms with E-state index in [9.17, 15) is 4.79 Å². The Kier molecular flexibility index (Phi) is 4.51. The molecular formula is C12H17ClN2OS. The zero-order valence-electron chi connectivity index (χ0n) is 9.93. The summed E-state index contributed by atoms with van der Waals surface area (Å²) in [5, 5.41) is 1.12. The van der Waals surface area contributed by atoms with Crippen molar-refractivity contribution in [2.75, 3.05) is 6.26 Å². The first-order chi connectivity index (χ1) is 8.19. The molecule has 0 aromatic carbocycles. The van der Waals surface area contributed by atoms with Gasteiger partial charge in [-0.25, -0.2) is 4.79 Å². The molecule has 0 saturated heterocycles. The number of alkyl halides is 1. The van der Waals surface area contributed by atoms with Gasteiger partial charge in [0.05, 0.1) is 0 Å². The van der Waals surface area contributed by atoms with E-state index in [1.807, 2.05) is 18.5 Å². The summed E-state index contributed by atoms with van der Waals surface area (Å²) in [6.45, 7) is 0.782. The summed E-state index contributed by atoms with van der Waals surface area (Å²) in [6.07, 6.45) is 8.15. The highest BCUT2D eigenvalue weighted by Crippen LogP contribution is 2.28. The van der Waals surface area contributed by atoms with Gasteiger partial charge in [-0.15, -0.1) is 23.4 Å². The summed E-state index contributed by atoms with van der Waals surface area (Å²) in [5.41, 5.74) is -0.134. The lowest BCUT2D eigenvalue weighted by atomic mass is 9.89. The third-order valence-corrected chi connectivity index (χ3v) is 4.37. The summed E-state index contributed by atoms with van der Waals surface area (Å²) >= 11 is 7.57. The topological polar surface area (TPSA) is 34.9 Å². The molecule has 0 amide bonds. The van der Waals surface area contributed by atoms with Gasteiger partial charge < -0.3 is 0 Å². The Morgan fingerprint density at radius 1 is 1.47 bits per heavy atom. The van der Waals surface area contributed by atoms with Crippen LogP contribution in [-0.2, 0) is 6.54 Å². The van der Waals surface area contributed by atoms with Crippen molar-refractivity contribution in [2.24, 2.45) is 5.92 Å². The van der Waals surface area contributed by atoms with Crippen molar-refractivity contribution in [1.82, 2.24) is 9.55 Å². The number of nitrogens with zero attached hydrogens (tertiary/aromatic N) is 2. The first-order valence-corrected chi connectivity index (χ1v) is 7.60. The molecule has 0 spiro atoms. The highest BCUT2D eigenvalue weighted by Gasteiger charge is 2.20. The minimum absolute atomic E-state index is 0.134. The van der Waals surface area contributed by atoms with E-state index in [1.165, 1.54) is 11.8 Å². The Morgan fingerprint density at radius 2 is 2.18 bits per heavy atom. The highest BCUT2D eigenvalue weighted by molar-refractivity contribution is 7.98. The van der Waals surface area contributed by atoms with E-state index in [2.05, 4.69) is 4.98 Å². The van der Waals surface area contributed by atoms with Gasteiger partial charge in [0.25, 0.3) is 0 Å². The van der Waals surface area contributed by atoms with E-state index in [-0.39, 0.29) is 5.69 Å². The number of aromatic nitrogens is 2. The zero-order valence-corrected chi connectivity index (χ0v) is 11.5. The standard InChI is InChI=1S/C12H17ClN2OS/c1-17-11-6-7-15(12(16)14-11)8-9-2-4-10(13)5-3-9/h6-7,9-10H,2-5,8H2,1H3. The first-order valence-electron chi connectivity index (χ1n) is 5.94. The molecule has 1 saturated carbocycles. The second kappa shape index (κ2) is 5.91. The predicted octanol–water partition coefficient (Wildman–Crippen LogP) is 2.76. The molecule has 1 aromatic heterocycles. The third kappa shape index (κ3) is 3.49. The molecule has 94 valence electrons. The van der Waals surface area contributed by atoms with Crippen LogP contribution in [0.1, 0.15) is 25.7 Å². The Labute approximate surface area is 111 Å². The zero-order chi connectivity index (χ0) is 12.3. The molecule has 2 rings (SSSR count). The van der Waals surface area contributed by atoms with Gasteiger partial charge in [-0.3, -0.25) is 4.57 Å². The summed E-state index contributed by atoms with van der Waals surface area (Å²) in [4.78, 5) is 15.8. The third-order valence-electron chi connectivity index (χ3n) is 3.29. The molecule has 17 heavy (non-hydrogen) atoms. The Morgan fingerprint density at radius 3 is 2.76 bits per heavy atom. The summed E-state index contributed by atoms with van der Waals surface area (Å²) in [6, 6.07) is 1.90. The van der Waals surface area contributed by atoms with Gasteiger partial charge in [0.1, 0.15) is 5.03 Å². The van der Waals surface area contributed by atoms with Crippen LogP contribution in [0.2, 0.25) is 0 Å². The number of hydrogen-bond donors (Lipinski definition) is 0. The van der Waals surface area contributed by atoms with Crippen LogP contribution in [0.3, 0.4) is 0 Å². The van der Waals surface area contributed by atoms with Crippen LogP contribution >= 0.6 is 23.4 Å². The Balaban J connectivity index is 2.01. The van der Waals surface area contributed by atoms with Crippen LogP contribution in [0.15, 0.2) is 22.1 Å². The van der Waals surface area contributed by atoms with Gasteiger partial charge in [0.2, 0.25) is 0 Å². The molecule has 0 unspecified atom stereocenters. The van der Waals surface area contributed by atoms with Crippen molar-refractivity contribution in [1.29, 1.82) is 0 Å². The molecule has 3 nitrogen and oxygen atoms in total. The average Bonchev–Trinajstić information content (AvgIpc) is 2.34. The van der Waals surface area contributed by atoms with Crippen molar-refractivity contribution >= 4 is 23.4 Å². The molecule has 0 N–H and O–H groups in total. The fourth-order valence-corrected chi connectivity index (χ4v) is 2.87. The van der Waals surface area contributed by atoms with Gasteiger partial charge in [0.15, 0.2) is 0 Å². The molecule has 0 aliphatic heterocycles. The molecule has 0 bridgehead atoms. The first kappa shape index (κ1) is 13.0. The second-order valence-electron chi connectivity index (χ2n) is 4.52. The average molecular weight is 273 g/mol. The van der Waals surface area contributed by atoms with Crippen LogP contribution < -0.4 is 5.69 Å². The van der Waals surface area contributed by atoms with E-state index in [4.69, 9.17) is 11.6 Å². The van der Waals surface area contributed by atoms with E-state index < -0.39 is 0 Å². The van der Waals surface area contributed by atoms with E-state index >= 15 is 0 Å². The van der Waals surface area contributed by atoms with E-state index in [0.29, 0.717) is 11.3 Å². The Hall–Kier alpha value is -0.480. The lowest BCUT2D eigenvalue weighted by molar-refractivity contribution is 0.317. The smallest absolute Gasteiger partial charge is 0.299 e. The molecule has 0 radical (unpaired) electrons. The lowest BCUT2D eigenvalue weighted by Crippen LogP contribution is -2.28. The van der Waals surface area contributed by atoms with Gasteiger partial charge in [0, 0.05) is 18.1 Å². The highest BCUT2D eigenvalue weighted by atomic mass is 35.5.